The number of rotatable bonds is 6. The molecule has 0 aliphatic carbocycles. The van der Waals surface area contributed by atoms with E-state index in [1.54, 1.807) is 12.4 Å². The Hall–Kier alpha value is -2.26. The quantitative estimate of drug-likeness (QED) is 0.836. The molecule has 0 unspecified atom stereocenters. The van der Waals surface area contributed by atoms with E-state index < -0.39 is 0 Å². The van der Waals surface area contributed by atoms with Crippen LogP contribution >= 0.6 is 0 Å². The van der Waals surface area contributed by atoms with Gasteiger partial charge in [0.2, 0.25) is 0 Å². The Morgan fingerprint density at radius 3 is 2.80 bits per heavy atom. The Kier molecular flexibility index (Phi) is 5.44. The molecule has 9 nitrogen and oxygen atoms in total. The number of nitrogens with one attached hydrogen (secondary N) is 1. The predicted molar refractivity (Wildman–Crippen MR) is 88.9 cm³/mol. The van der Waals surface area contributed by atoms with Gasteiger partial charge in [0.15, 0.2) is 17.3 Å². The van der Waals surface area contributed by atoms with E-state index in [4.69, 9.17) is 9.26 Å². The van der Waals surface area contributed by atoms with Crippen LogP contribution in [0, 0.1) is 0 Å². The molecule has 2 aromatic heterocycles. The number of hydrogen-bond acceptors (Lipinski definition) is 7. The van der Waals surface area contributed by atoms with Crippen molar-refractivity contribution < 1.29 is 14.1 Å². The van der Waals surface area contributed by atoms with Crippen molar-refractivity contribution >= 4 is 5.91 Å². The number of amides is 1. The Morgan fingerprint density at radius 1 is 1.32 bits per heavy atom. The van der Waals surface area contributed by atoms with E-state index in [2.05, 4.69) is 25.6 Å². The van der Waals surface area contributed by atoms with Crippen molar-refractivity contribution in [2.75, 3.05) is 26.3 Å². The van der Waals surface area contributed by atoms with Crippen LogP contribution in [0.4, 0.5) is 0 Å². The number of morpholine rings is 1. The fraction of sp³-hybridized carbons (Fsp3) is 0.625. The fourth-order valence-corrected chi connectivity index (χ4v) is 2.77. The summed E-state index contributed by atoms with van der Waals surface area (Å²) in [7, 11) is 0. The molecule has 1 amide bonds. The van der Waals surface area contributed by atoms with Crippen molar-refractivity contribution in [3.05, 3.63) is 29.7 Å². The highest BCUT2D eigenvalue weighted by atomic mass is 16.5. The van der Waals surface area contributed by atoms with Crippen LogP contribution in [0.2, 0.25) is 0 Å². The lowest BCUT2D eigenvalue weighted by atomic mass is 10.2. The topological polar surface area (TPSA) is 98.3 Å². The molecule has 3 rings (SSSR count). The van der Waals surface area contributed by atoms with Crippen molar-refractivity contribution in [3.8, 4) is 0 Å². The molecular formula is C16H24N6O3. The number of aromatic nitrogens is 4. The second-order valence-electron chi connectivity index (χ2n) is 6.45. The van der Waals surface area contributed by atoms with Crippen LogP contribution in [0.5, 0.6) is 0 Å². The minimum atomic E-state index is -0.289. The monoisotopic (exact) mass is 348 g/mol. The first-order chi connectivity index (χ1) is 12.0. The first-order valence-electron chi connectivity index (χ1n) is 8.50. The number of nitrogens with zero attached hydrogens (tertiary/aromatic N) is 5. The average Bonchev–Trinajstić information content (AvgIpc) is 3.25. The van der Waals surface area contributed by atoms with Crippen LogP contribution in [0.3, 0.4) is 0 Å². The van der Waals surface area contributed by atoms with Gasteiger partial charge in [-0.3, -0.25) is 9.69 Å². The van der Waals surface area contributed by atoms with E-state index in [0.29, 0.717) is 18.1 Å². The van der Waals surface area contributed by atoms with Gasteiger partial charge in [-0.1, -0.05) is 5.16 Å². The van der Waals surface area contributed by atoms with Crippen LogP contribution in [0.1, 0.15) is 54.9 Å². The second-order valence-corrected chi connectivity index (χ2v) is 6.45. The van der Waals surface area contributed by atoms with Gasteiger partial charge < -0.3 is 19.1 Å². The molecule has 0 radical (unpaired) electrons. The molecular weight excluding hydrogens is 324 g/mol. The third-order valence-electron chi connectivity index (χ3n) is 4.17. The van der Waals surface area contributed by atoms with Crippen molar-refractivity contribution in [1.29, 1.82) is 0 Å². The van der Waals surface area contributed by atoms with E-state index >= 15 is 0 Å². The summed E-state index contributed by atoms with van der Waals surface area (Å²) in [5, 5.41) is 14.8. The third kappa shape index (κ3) is 4.23. The molecule has 136 valence electrons. The van der Waals surface area contributed by atoms with Gasteiger partial charge in [0.05, 0.1) is 25.8 Å². The minimum Gasteiger partial charge on any atom is -0.379 e. The SMILES string of the molecule is CC(C)n1cnnc1[C@H](C)NC(=O)c1cc(CN2CCOCC2)on1. The maximum Gasteiger partial charge on any atom is 0.274 e. The van der Waals surface area contributed by atoms with Crippen LogP contribution in [0.25, 0.3) is 0 Å². The highest BCUT2D eigenvalue weighted by Crippen LogP contribution is 2.15. The maximum atomic E-state index is 12.4. The molecule has 0 saturated carbocycles. The molecule has 1 atom stereocenters. The van der Waals surface area contributed by atoms with Crippen LogP contribution in [-0.2, 0) is 11.3 Å². The van der Waals surface area contributed by atoms with Crippen LogP contribution in [-0.4, -0.2) is 57.0 Å². The van der Waals surface area contributed by atoms with Crippen molar-refractivity contribution in [2.45, 2.75) is 39.4 Å². The highest BCUT2D eigenvalue weighted by Gasteiger charge is 2.21. The first-order valence-corrected chi connectivity index (χ1v) is 8.50. The van der Waals surface area contributed by atoms with E-state index in [0.717, 1.165) is 26.3 Å². The van der Waals surface area contributed by atoms with E-state index in [9.17, 15) is 4.79 Å². The van der Waals surface area contributed by atoms with Gasteiger partial charge in [-0.2, -0.15) is 0 Å². The van der Waals surface area contributed by atoms with Gasteiger partial charge in [-0.15, -0.1) is 10.2 Å². The van der Waals surface area contributed by atoms with Crippen molar-refractivity contribution in [3.63, 3.8) is 0 Å². The number of carbonyl (C=O) groups is 1. The lowest BCUT2D eigenvalue weighted by Crippen LogP contribution is -2.35. The molecule has 0 spiro atoms. The first kappa shape index (κ1) is 17.6. The zero-order chi connectivity index (χ0) is 17.8. The maximum absolute atomic E-state index is 12.4. The molecule has 1 N–H and O–H groups in total. The molecule has 1 aliphatic rings. The van der Waals surface area contributed by atoms with E-state index in [-0.39, 0.29) is 23.7 Å². The van der Waals surface area contributed by atoms with Crippen molar-refractivity contribution in [1.82, 2.24) is 30.1 Å². The molecule has 0 bridgehead atoms. The third-order valence-corrected chi connectivity index (χ3v) is 4.17. The summed E-state index contributed by atoms with van der Waals surface area (Å²) in [6.45, 7) is 9.71. The highest BCUT2D eigenvalue weighted by molar-refractivity contribution is 5.92. The summed E-state index contributed by atoms with van der Waals surface area (Å²) in [5.74, 6) is 1.09. The number of carbonyl (C=O) groups excluding carboxylic acids is 1. The molecule has 25 heavy (non-hydrogen) atoms. The average molecular weight is 348 g/mol. The number of ether oxygens (including phenoxy) is 1. The molecule has 0 aromatic carbocycles. The lowest BCUT2D eigenvalue weighted by molar-refractivity contribution is 0.0305. The number of hydrogen-bond donors (Lipinski definition) is 1. The zero-order valence-electron chi connectivity index (χ0n) is 14.8. The summed E-state index contributed by atoms with van der Waals surface area (Å²) >= 11 is 0. The van der Waals surface area contributed by atoms with E-state index in [1.165, 1.54) is 0 Å². The molecule has 1 saturated heterocycles. The molecule has 3 heterocycles. The summed E-state index contributed by atoms with van der Waals surface area (Å²) in [6.07, 6.45) is 1.67. The fourth-order valence-electron chi connectivity index (χ4n) is 2.77. The lowest BCUT2D eigenvalue weighted by Gasteiger charge is -2.25. The Labute approximate surface area is 146 Å². The summed E-state index contributed by atoms with van der Waals surface area (Å²) in [6, 6.07) is 1.62. The molecule has 9 heteroatoms. The van der Waals surface area contributed by atoms with Crippen molar-refractivity contribution in [2.24, 2.45) is 0 Å². The Balaban J connectivity index is 1.60. The van der Waals surface area contributed by atoms with Crippen LogP contribution < -0.4 is 5.32 Å². The molecule has 2 aromatic rings. The van der Waals surface area contributed by atoms with Gasteiger partial charge in [0.1, 0.15) is 6.33 Å². The minimum absolute atomic E-state index is 0.219. The standard InChI is InChI=1S/C16H24N6O3/c1-11(2)22-10-17-19-15(22)12(3)18-16(23)14-8-13(25-20-14)9-21-4-6-24-7-5-21/h8,10-12H,4-7,9H2,1-3H3,(H,18,23)/t12-/m0/s1. The van der Waals surface area contributed by atoms with Crippen LogP contribution in [0.15, 0.2) is 16.9 Å². The van der Waals surface area contributed by atoms with Gasteiger partial charge in [0, 0.05) is 25.2 Å². The van der Waals surface area contributed by atoms with E-state index in [1.807, 2.05) is 25.3 Å². The predicted octanol–water partition coefficient (Wildman–Crippen LogP) is 1.17. The largest absolute Gasteiger partial charge is 0.379 e. The van der Waals surface area contributed by atoms with Gasteiger partial charge in [-0.05, 0) is 20.8 Å². The summed E-state index contributed by atoms with van der Waals surface area (Å²) < 4.78 is 12.5. The summed E-state index contributed by atoms with van der Waals surface area (Å²) in [4.78, 5) is 14.6. The van der Waals surface area contributed by atoms with Gasteiger partial charge in [-0.25, -0.2) is 0 Å². The smallest absolute Gasteiger partial charge is 0.274 e. The van der Waals surface area contributed by atoms with Gasteiger partial charge >= 0.3 is 0 Å². The summed E-state index contributed by atoms with van der Waals surface area (Å²) in [5.41, 5.74) is 0.269. The Morgan fingerprint density at radius 2 is 2.08 bits per heavy atom. The molecule has 1 fully saturated rings. The normalized spacial score (nSPS) is 17.0. The Bertz CT molecular complexity index is 704. The second kappa shape index (κ2) is 7.75. The molecule has 1 aliphatic heterocycles. The zero-order valence-corrected chi connectivity index (χ0v) is 14.8. The van der Waals surface area contributed by atoms with Gasteiger partial charge in [0.25, 0.3) is 5.91 Å².